The first-order valence-corrected chi connectivity index (χ1v) is 5.70. The van der Waals surface area contributed by atoms with Crippen LogP contribution in [0.2, 0.25) is 0 Å². The van der Waals surface area contributed by atoms with Gasteiger partial charge in [0, 0.05) is 19.5 Å². The Kier molecular flexibility index (Phi) is 3.43. The Morgan fingerprint density at radius 2 is 2.27 bits per heavy atom. The van der Waals surface area contributed by atoms with E-state index in [-0.39, 0.29) is 0 Å². The topological polar surface area (TPSA) is 40.2 Å². The van der Waals surface area contributed by atoms with Crippen molar-refractivity contribution in [3.8, 4) is 0 Å². The second-order valence-corrected chi connectivity index (χ2v) is 4.13. The van der Waals surface area contributed by atoms with E-state index in [1.54, 1.807) is 12.5 Å². The molecule has 3 heteroatoms. The Morgan fingerprint density at radius 3 is 3.07 bits per heavy atom. The molecule has 1 saturated heterocycles. The average Bonchev–Trinajstić information content (AvgIpc) is 2.67. The molecular formula is C12H18N2O. The van der Waals surface area contributed by atoms with Crippen molar-refractivity contribution < 1.29 is 4.42 Å². The molecule has 0 unspecified atom stereocenters. The second kappa shape index (κ2) is 5.01. The maximum atomic E-state index is 7.92. The molecule has 0 atom stereocenters. The van der Waals surface area contributed by atoms with Gasteiger partial charge in [0.15, 0.2) is 0 Å². The highest BCUT2D eigenvalue weighted by Crippen LogP contribution is 2.12. The summed E-state index contributed by atoms with van der Waals surface area (Å²) in [5.41, 5.74) is 1.23. The lowest BCUT2D eigenvalue weighted by molar-refractivity contribution is 0.415. The van der Waals surface area contributed by atoms with E-state index in [1.807, 2.05) is 6.07 Å². The van der Waals surface area contributed by atoms with Crippen molar-refractivity contribution in [2.24, 2.45) is 0 Å². The molecule has 1 aliphatic heterocycles. The molecular weight excluding hydrogens is 188 g/mol. The fraction of sp³-hybridized carbons (Fsp3) is 0.583. The van der Waals surface area contributed by atoms with E-state index in [1.165, 1.54) is 24.8 Å². The van der Waals surface area contributed by atoms with Gasteiger partial charge in [-0.1, -0.05) is 6.42 Å². The average molecular weight is 206 g/mol. The molecule has 0 bridgehead atoms. The molecule has 1 N–H and O–H groups in total. The molecule has 82 valence electrons. The molecule has 2 heterocycles. The van der Waals surface area contributed by atoms with Gasteiger partial charge in [0.2, 0.25) is 0 Å². The predicted molar refractivity (Wildman–Crippen MR) is 60.2 cm³/mol. The van der Waals surface area contributed by atoms with Crippen LogP contribution in [0.5, 0.6) is 0 Å². The normalized spacial score (nSPS) is 17.9. The van der Waals surface area contributed by atoms with E-state index in [9.17, 15) is 0 Å². The lowest BCUT2D eigenvalue weighted by Crippen LogP contribution is -2.31. The Balaban J connectivity index is 1.84. The number of rotatable bonds is 3. The summed E-state index contributed by atoms with van der Waals surface area (Å²) in [4.78, 5) is 2.21. The SMILES string of the molecule is N=C1CCCCCN1CCc1ccoc1. The zero-order chi connectivity index (χ0) is 10.5. The fourth-order valence-electron chi connectivity index (χ4n) is 2.01. The van der Waals surface area contributed by atoms with E-state index in [0.29, 0.717) is 0 Å². The number of amidine groups is 1. The minimum absolute atomic E-state index is 0.816. The first kappa shape index (κ1) is 10.3. The molecule has 2 rings (SSSR count). The first-order chi connectivity index (χ1) is 7.36. The summed E-state index contributed by atoms with van der Waals surface area (Å²) >= 11 is 0. The van der Waals surface area contributed by atoms with Crippen LogP contribution in [-0.4, -0.2) is 23.8 Å². The van der Waals surface area contributed by atoms with E-state index in [0.717, 1.165) is 31.8 Å². The minimum Gasteiger partial charge on any atom is -0.472 e. The van der Waals surface area contributed by atoms with Gasteiger partial charge in [-0.2, -0.15) is 0 Å². The van der Waals surface area contributed by atoms with Crippen molar-refractivity contribution in [2.75, 3.05) is 13.1 Å². The van der Waals surface area contributed by atoms with Crippen molar-refractivity contribution in [3.63, 3.8) is 0 Å². The number of nitrogens with one attached hydrogen (secondary N) is 1. The van der Waals surface area contributed by atoms with Crippen LogP contribution in [0.15, 0.2) is 23.0 Å². The summed E-state index contributed by atoms with van der Waals surface area (Å²) < 4.78 is 5.03. The molecule has 1 aromatic rings. The maximum Gasteiger partial charge on any atom is 0.0957 e. The van der Waals surface area contributed by atoms with Crippen LogP contribution in [0, 0.1) is 5.41 Å². The smallest absolute Gasteiger partial charge is 0.0957 e. The lowest BCUT2D eigenvalue weighted by atomic mass is 10.2. The fourth-order valence-corrected chi connectivity index (χ4v) is 2.01. The summed E-state index contributed by atoms with van der Waals surface area (Å²) in [7, 11) is 0. The van der Waals surface area contributed by atoms with Gasteiger partial charge < -0.3 is 9.32 Å². The molecule has 1 fully saturated rings. The van der Waals surface area contributed by atoms with Crippen molar-refractivity contribution in [1.29, 1.82) is 5.41 Å². The van der Waals surface area contributed by atoms with Gasteiger partial charge in [0.1, 0.15) is 0 Å². The highest BCUT2D eigenvalue weighted by atomic mass is 16.3. The van der Waals surface area contributed by atoms with Gasteiger partial charge in [-0.05, 0) is 30.9 Å². The highest BCUT2D eigenvalue weighted by Gasteiger charge is 2.12. The number of likely N-dealkylation sites (tertiary alicyclic amines) is 1. The Morgan fingerprint density at radius 1 is 1.33 bits per heavy atom. The molecule has 0 saturated carbocycles. The van der Waals surface area contributed by atoms with Crippen LogP contribution in [0.3, 0.4) is 0 Å². The monoisotopic (exact) mass is 206 g/mol. The summed E-state index contributed by atoms with van der Waals surface area (Å²) in [5.74, 6) is 0.816. The number of nitrogens with zero attached hydrogens (tertiary/aromatic N) is 1. The number of hydrogen-bond donors (Lipinski definition) is 1. The number of hydrogen-bond acceptors (Lipinski definition) is 2. The molecule has 1 aromatic heterocycles. The third-order valence-corrected chi connectivity index (χ3v) is 2.97. The largest absolute Gasteiger partial charge is 0.472 e. The van der Waals surface area contributed by atoms with E-state index >= 15 is 0 Å². The van der Waals surface area contributed by atoms with Gasteiger partial charge in [-0.15, -0.1) is 0 Å². The zero-order valence-electron chi connectivity index (χ0n) is 9.04. The van der Waals surface area contributed by atoms with Crippen LogP contribution in [0.25, 0.3) is 0 Å². The minimum atomic E-state index is 0.816. The summed E-state index contributed by atoms with van der Waals surface area (Å²) in [6, 6.07) is 2.00. The van der Waals surface area contributed by atoms with Crippen LogP contribution in [0.1, 0.15) is 31.2 Å². The second-order valence-electron chi connectivity index (χ2n) is 4.13. The van der Waals surface area contributed by atoms with Crippen molar-refractivity contribution in [1.82, 2.24) is 4.90 Å². The molecule has 0 radical (unpaired) electrons. The van der Waals surface area contributed by atoms with Crippen LogP contribution in [0.4, 0.5) is 0 Å². The third kappa shape index (κ3) is 2.85. The van der Waals surface area contributed by atoms with Gasteiger partial charge in [-0.25, -0.2) is 0 Å². The van der Waals surface area contributed by atoms with Gasteiger partial charge >= 0.3 is 0 Å². The number of furan rings is 1. The molecule has 0 amide bonds. The molecule has 15 heavy (non-hydrogen) atoms. The standard InChI is InChI=1S/C12H18N2O/c13-12-4-2-1-3-7-14(12)8-5-11-6-9-15-10-11/h6,9-10,13H,1-5,7-8H2. The molecule has 1 aliphatic rings. The van der Waals surface area contributed by atoms with Crippen LogP contribution < -0.4 is 0 Å². The summed E-state index contributed by atoms with van der Waals surface area (Å²) in [6.07, 6.45) is 9.12. The molecule has 0 aromatic carbocycles. The van der Waals surface area contributed by atoms with Crippen molar-refractivity contribution >= 4 is 5.84 Å². The maximum absolute atomic E-state index is 7.92. The Bertz CT molecular complexity index is 305. The van der Waals surface area contributed by atoms with E-state index in [2.05, 4.69) is 4.90 Å². The van der Waals surface area contributed by atoms with Crippen LogP contribution in [-0.2, 0) is 6.42 Å². The van der Waals surface area contributed by atoms with E-state index < -0.39 is 0 Å². The van der Waals surface area contributed by atoms with Gasteiger partial charge in [0.05, 0.1) is 18.4 Å². The van der Waals surface area contributed by atoms with Crippen LogP contribution >= 0.6 is 0 Å². The zero-order valence-corrected chi connectivity index (χ0v) is 9.04. The molecule has 0 spiro atoms. The summed E-state index contributed by atoms with van der Waals surface area (Å²) in [5, 5.41) is 7.92. The van der Waals surface area contributed by atoms with E-state index in [4.69, 9.17) is 9.83 Å². The van der Waals surface area contributed by atoms with Crippen molar-refractivity contribution in [2.45, 2.75) is 32.1 Å². The summed E-state index contributed by atoms with van der Waals surface area (Å²) in [6.45, 7) is 2.01. The van der Waals surface area contributed by atoms with Crippen molar-refractivity contribution in [3.05, 3.63) is 24.2 Å². The molecule has 3 nitrogen and oxygen atoms in total. The Labute approximate surface area is 90.6 Å². The van der Waals surface area contributed by atoms with Gasteiger partial charge in [0.25, 0.3) is 0 Å². The predicted octanol–water partition coefficient (Wildman–Crippen LogP) is 2.68. The van der Waals surface area contributed by atoms with Gasteiger partial charge in [-0.3, -0.25) is 5.41 Å². The Hall–Kier alpha value is -1.25. The lowest BCUT2D eigenvalue weighted by Gasteiger charge is -2.22. The first-order valence-electron chi connectivity index (χ1n) is 5.70. The quantitative estimate of drug-likeness (QED) is 0.826. The third-order valence-electron chi connectivity index (χ3n) is 2.97. The molecule has 0 aliphatic carbocycles. The highest BCUT2D eigenvalue weighted by molar-refractivity contribution is 5.79.